The van der Waals surface area contributed by atoms with Gasteiger partial charge in [0.05, 0.1) is 7.11 Å². The van der Waals surface area contributed by atoms with E-state index < -0.39 is 0 Å². The first-order valence-electron chi connectivity index (χ1n) is 5.77. The van der Waals surface area contributed by atoms with Gasteiger partial charge in [-0.15, -0.1) is 0 Å². The summed E-state index contributed by atoms with van der Waals surface area (Å²) in [6.45, 7) is 6.21. The molecule has 0 radical (unpaired) electrons. The summed E-state index contributed by atoms with van der Waals surface area (Å²) < 4.78 is 4.90. The van der Waals surface area contributed by atoms with Crippen molar-refractivity contribution in [3.8, 4) is 0 Å². The molecule has 0 amide bonds. The summed E-state index contributed by atoms with van der Waals surface area (Å²) in [6.07, 6.45) is 5.98. The SMILES string of the molecule is COC(=O)C(=C(C)C)C1(C)CCCCC1. The number of methoxy groups -OCH3 is 1. The third-order valence-corrected chi connectivity index (χ3v) is 3.45. The third kappa shape index (κ3) is 2.61. The second-order valence-electron chi connectivity index (χ2n) is 4.99. The quantitative estimate of drug-likeness (QED) is 0.515. The van der Waals surface area contributed by atoms with Crippen LogP contribution in [0.1, 0.15) is 52.9 Å². The van der Waals surface area contributed by atoms with Crippen molar-refractivity contribution in [3.05, 3.63) is 11.1 Å². The first kappa shape index (κ1) is 12.3. The fraction of sp³-hybridized carbons (Fsp3) is 0.769. The van der Waals surface area contributed by atoms with Gasteiger partial charge in [0.15, 0.2) is 0 Å². The lowest BCUT2D eigenvalue weighted by molar-refractivity contribution is -0.137. The summed E-state index contributed by atoms with van der Waals surface area (Å²) in [4.78, 5) is 11.8. The number of rotatable bonds is 2. The van der Waals surface area contributed by atoms with Crippen LogP contribution in [0.15, 0.2) is 11.1 Å². The molecule has 0 N–H and O–H groups in total. The van der Waals surface area contributed by atoms with Gasteiger partial charge in [0.2, 0.25) is 0 Å². The molecule has 0 bridgehead atoms. The molecule has 0 aromatic rings. The third-order valence-electron chi connectivity index (χ3n) is 3.45. The van der Waals surface area contributed by atoms with E-state index in [1.54, 1.807) is 0 Å². The van der Waals surface area contributed by atoms with Gasteiger partial charge in [-0.05, 0) is 32.1 Å². The topological polar surface area (TPSA) is 26.3 Å². The van der Waals surface area contributed by atoms with E-state index >= 15 is 0 Å². The van der Waals surface area contributed by atoms with Gasteiger partial charge in [0.25, 0.3) is 0 Å². The molecule has 2 nitrogen and oxygen atoms in total. The summed E-state index contributed by atoms with van der Waals surface area (Å²) >= 11 is 0. The number of carbonyl (C=O) groups excluding carboxylic acids is 1. The lowest BCUT2D eigenvalue weighted by atomic mass is 9.69. The van der Waals surface area contributed by atoms with E-state index in [1.807, 2.05) is 13.8 Å². The molecule has 0 unspecified atom stereocenters. The van der Waals surface area contributed by atoms with Gasteiger partial charge in [-0.2, -0.15) is 0 Å². The Morgan fingerprint density at radius 3 is 2.07 bits per heavy atom. The fourth-order valence-electron chi connectivity index (χ4n) is 2.74. The van der Waals surface area contributed by atoms with E-state index in [1.165, 1.54) is 26.4 Å². The molecule has 0 aliphatic heterocycles. The molecule has 86 valence electrons. The van der Waals surface area contributed by atoms with Crippen LogP contribution in [0.25, 0.3) is 0 Å². The zero-order valence-corrected chi connectivity index (χ0v) is 10.4. The number of hydrogen-bond donors (Lipinski definition) is 0. The molecule has 1 rings (SSSR count). The highest BCUT2D eigenvalue weighted by Crippen LogP contribution is 2.43. The van der Waals surface area contributed by atoms with Crippen molar-refractivity contribution in [3.63, 3.8) is 0 Å². The average molecular weight is 210 g/mol. The Kier molecular flexibility index (Phi) is 3.95. The molecule has 0 aromatic carbocycles. The summed E-state index contributed by atoms with van der Waals surface area (Å²) in [5.41, 5.74) is 2.06. The van der Waals surface area contributed by atoms with Gasteiger partial charge in [-0.1, -0.05) is 31.8 Å². The Bertz CT molecular complexity index is 266. The van der Waals surface area contributed by atoms with E-state index in [2.05, 4.69) is 6.92 Å². The molecule has 1 aliphatic carbocycles. The molecule has 0 spiro atoms. The smallest absolute Gasteiger partial charge is 0.334 e. The zero-order valence-electron chi connectivity index (χ0n) is 10.4. The van der Waals surface area contributed by atoms with Gasteiger partial charge >= 0.3 is 5.97 Å². The molecule has 0 aromatic heterocycles. The normalized spacial score (nSPS) is 19.5. The molecule has 1 aliphatic rings. The molecule has 1 saturated carbocycles. The van der Waals surface area contributed by atoms with Crippen molar-refractivity contribution in [2.24, 2.45) is 5.41 Å². The second kappa shape index (κ2) is 4.82. The van der Waals surface area contributed by atoms with Crippen molar-refractivity contribution in [2.45, 2.75) is 52.9 Å². The van der Waals surface area contributed by atoms with Crippen molar-refractivity contribution in [2.75, 3.05) is 7.11 Å². The van der Waals surface area contributed by atoms with Crippen LogP contribution in [-0.2, 0) is 9.53 Å². The minimum Gasteiger partial charge on any atom is -0.466 e. The highest BCUT2D eigenvalue weighted by molar-refractivity contribution is 5.90. The van der Waals surface area contributed by atoms with E-state index in [4.69, 9.17) is 4.74 Å². The molecule has 1 fully saturated rings. The molecule has 15 heavy (non-hydrogen) atoms. The fourth-order valence-corrected chi connectivity index (χ4v) is 2.74. The summed E-state index contributed by atoms with van der Waals surface area (Å²) in [5, 5.41) is 0. The van der Waals surface area contributed by atoms with Crippen molar-refractivity contribution in [1.29, 1.82) is 0 Å². The highest BCUT2D eigenvalue weighted by atomic mass is 16.5. The summed E-state index contributed by atoms with van der Waals surface area (Å²) in [7, 11) is 1.47. The van der Waals surface area contributed by atoms with Gasteiger partial charge in [-0.3, -0.25) is 0 Å². The average Bonchev–Trinajstić information content (AvgIpc) is 2.17. The van der Waals surface area contributed by atoms with E-state index in [0.29, 0.717) is 0 Å². The molecule has 0 atom stereocenters. The second-order valence-corrected chi connectivity index (χ2v) is 4.99. The molecule has 2 heteroatoms. The Hall–Kier alpha value is -0.790. The number of carbonyl (C=O) groups is 1. The highest BCUT2D eigenvalue weighted by Gasteiger charge is 2.35. The number of hydrogen-bond acceptors (Lipinski definition) is 2. The summed E-state index contributed by atoms with van der Waals surface area (Å²) in [6, 6.07) is 0. The Labute approximate surface area is 92.7 Å². The Balaban J connectivity index is 2.98. The maximum absolute atomic E-state index is 11.8. The van der Waals surface area contributed by atoms with E-state index in [-0.39, 0.29) is 11.4 Å². The van der Waals surface area contributed by atoms with Crippen molar-refractivity contribution < 1.29 is 9.53 Å². The van der Waals surface area contributed by atoms with Crippen LogP contribution in [0.4, 0.5) is 0 Å². The standard InChI is InChI=1S/C13H22O2/c1-10(2)11(12(14)15-4)13(3)8-6-5-7-9-13/h5-9H2,1-4H3. The zero-order chi connectivity index (χ0) is 11.5. The number of esters is 1. The summed E-state index contributed by atoms with van der Waals surface area (Å²) in [5.74, 6) is -0.139. The minimum atomic E-state index is -0.139. The Morgan fingerprint density at radius 2 is 1.67 bits per heavy atom. The van der Waals surface area contributed by atoms with Crippen molar-refractivity contribution >= 4 is 5.97 Å². The van der Waals surface area contributed by atoms with Gasteiger partial charge in [-0.25, -0.2) is 4.79 Å². The lowest BCUT2D eigenvalue weighted by Gasteiger charge is -2.35. The molecular formula is C13H22O2. The number of ether oxygens (including phenoxy) is 1. The predicted octanol–water partition coefficient (Wildman–Crippen LogP) is 3.47. The first-order valence-corrected chi connectivity index (χ1v) is 5.77. The first-order chi connectivity index (χ1) is 7.01. The monoisotopic (exact) mass is 210 g/mol. The van der Waals surface area contributed by atoms with Crippen LogP contribution in [0.3, 0.4) is 0 Å². The molecule has 0 heterocycles. The Morgan fingerprint density at radius 1 is 1.13 bits per heavy atom. The van der Waals surface area contributed by atoms with Crippen LogP contribution in [0, 0.1) is 5.41 Å². The van der Waals surface area contributed by atoms with Crippen LogP contribution >= 0.6 is 0 Å². The van der Waals surface area contributed by atoms with Crippen LogP contribution in [0.2, 0.25) is 0 Å². The predicted molar refractivity (Wildman–Crippen MR) is 61.6 cm³/mol. The van der Waals surface area contributed by atoms with Gasteiger partial charge < -0.3 is 4.74 Å². The largest absolute Gasteiger partial charge is 0.466 e. The van der Waals surface area contributed by atoms with Crippen LogP contribution < -0.4 is 0 Å². The maximum Gasteiger partial charge on any atom is 0.334 e. The van der Waals surface area contributed by atoms with Gasteiger partial charge in [0, 0.05) is 5.57 Å². The van der Waals surface area contributed by atoms with Crippen molar-refractivity contribution in [1.82, 2.24) is 0 Å². The minimum absolute atomic E-state index is 0.0458. The lowest BCUT2D eigenvalue weighted by Crippen LogP contribution is -2.29. The maximum atomic E-state index is 11.8. The number of allylic oxidation sites excluding steroid dienone is 1. The van der Waals surface area contributed by atoms with Crippen LogP contribution in [-0.4, -0.2) is 13.1 Å². The molecule has 0 saturated heterocycles. The van der Waals surface area contributed by atoms with E-state index in [9.17, 15) is 4.79 Å². The van der Waals surface area contributed by atoms with E-state index in [0.717, 1.165) is 24.0 Å². The molecular weight excluding hydrogens is 188 g/mol. The van der Waals surface area contributed by atoms with Crippen LogP contribution in [0.5, 0.6) is 0 Å². The van der Waals surface area contributed by atoms with Gasteiger partial charge in [0.1, 0.15) is 0 Å².